The Kier molecular flexibility index (Phi) is 5.94. The number of hydrogen-bond acceptors (Lipinski definition) is 6. The fourth-order valence-electron chi connectivity index (χ4n) is 4.44. The van der Waals surface area contributed by atoms with Gasteiger partial charge in [-0.1, -0.05) is 18.2 Å². The average molecular weight is 507 g/mol. The summed E-state index contributed by atoms with van der Waals surface area (Å²) in [6.45, 7) is 0.170. The van der Waals surface area contributed by atoms with Gasteiger partial charge in [0.05, 0.1) is 23.3 Å². The number of furan rings is 1. The van der Waals surface area contributed by atoms with Crippen molar-refractivity contribution >= 4 is 44.3 Å². The Morgan fingerprint density at radius 2 is 1.83 bits per heavy atom. The second-order valence-electron chi connectivity index (χ2n) is 8.41. The van der Waals surface area contributed by atoms with E-state index in [0.717, 1.165) is 21.4 Å². The molecule has 1 aliphatic rings. The molecule has 1 saturated heterocycles. The molecule has 0 radical (unpaired) electrons. The number of nitrogens with zero attached hydrogens (tertiary/aromatic N) is 2. The van der Waals surface area contributed by atoms with Crippen LogP contribution in [0.3, 0.4) is 0 Å². The Balaban J connectivity index is 1.43. The van der Waals surface area contributed by atoms with Crippen molar-refractivity contribution in [3.63, 3.8) is 0 Å². The molecule has 3 amide bonds. The minimum Gasteiger partial charge on any atom is -0.459 e. The Bertz CT molecular complexity index is 1560. The van der Waals surface area contributed by atoms with Crippen LogP contribution < -0.4 is 10.0 Å². The smallest absolute Gasteiger partial charge is 0.290 e. The number of hydrogen-bond donors (Lipinski definition) is 2. The summed E-state index contributed by atoms with van der Waals surface area (Å²) >= 11 is 0. The number of nitrogens with two attached hydrogens (primary N) is 1. The van der Waals surface area contributed by atoms with Crippen LogP contribution >= 0.6 is 0 Å². The number of aromatic nitrogens is 1. The number of imide groups is 1. The van der Waals surface area contributed by atoms with Gasteiger partial charge in [0.15, 0.2) is 5.76 Å². The molecule has 5 rings (SSSR count). The Labute approximate surface area is 206 Å². The van der Waals surface area contributed by atoms with Crippen LogP contribution in [0.4, 0.5) is 5.69 Å². The van der Waals surface area contributed by atoms with Crippen LogP contribution in [0.1, 0.15) is 22.5 Å². The molecule has 184 valence electrons. The van der Waals surface area contributed by atoms with Crippen molar-refractivity contribution in [1.82, 2.24) is 9.88 Å². The zero-order valence-corrected chi connectivity index (χ0v) is 19.8. The van der Waals surface area contributed by atoms with E-state index in [4.69, 9.17) is 9.56 Å². The molecule has 0 spiro atoms. The van der Waals surface area contributed by atoms with E-state index >= 15 is 0 Å². The van der Waals surface area contributed by atoms with Gasteiger partial charge in [-0.05, 0) is 54.4 Å². The van der Waals surface area contributed by atoms with Crippen molar-refractivity contribution < 1.29 is 27.2 Å². The zero-order valence-electron chi connectivity index (χ0n) is 19.0. The van der Waals surface area contributed by atoms with E-state index in [9.17, 15) is 22.8 Å². The maximum absolute atomic E-state index is 13.4. The molecule has 3 heterocycles. The summed E-state index contributed by atoms with van der Waals surface area (Å²) in [4.78, 5) is 45.0. The molecule has 3 N–H and O–H groups in total. The number of nitrogens with one attached hydrogen (secondary N) is 1. The third-order valence-corrected chi connectivity index (χ3v) is 7.14. The summed E-state index contributed by atoms with van der Waals surface area (Å²) in [5.41, 5.74) is 2.12. The molecular weight excluding hydrogens is 484 g/mol. The van der Waals surface area contributed by atoms with E-state index < -0.39 is 33.8 Å². The molecule has 4 aromatic rings. The van der Waals surface area contributed by atoms with Gasteiger partial charge >= 0.3 is 0 Å². The number of fused-ring (bicyclic) bond motifs is 1. The summed E-state index contributed by atoms with van der Waals surface area (Å²) in [5, 5.41) is 6.14. The summed E-state index contributed by atoms with van der Waals surface area (Å²) < 4.78 is 28.4. The lowest BCUT2D eigenvalue weighted by atomic mass is 10.1. The summed E-state index contributed by atoms with van der Waals surface area (Å²) in [7, 11) is -3.93. The molecular formula is C25H22N4O6S. The average Bonchev–Trinajstić information content (AvgIpc) is 3.59. The van der Waals surface area contributed by atoms with Gasteiger partial charge in [-0.15, -0.1) is 0 Å². The SMILES string of the molecule is NS(=O)(=O)c1ccc(N2C(=O)CC(N(CCc3c[nH]c4ccccc34)C(=O)c3ccco3)C2=O)cc1. The second kappa shape index (κ2) is 9.10. The summed E-state index contributed by atoms with van der Waals surface area (Å²) in [6, 6.07) is 14.9. The summed E-state index contributed by atoms with van der Waals surface area (Å²) in [5.74, 6) is -1.53. The molecule has 36 heavy (non-hydrogen) atoms. The zero-order chi connectivity index (χ0) is 25.4. The third-order valence-electron chi connectivity index (χ3n) is 6.21. The number of sulfonamides is 1. The molecule has 0 aliphatic carbocycles. The Morgan fingerprint density at radius 1 is 1.08 bits per heavy atom. The molecule has 2 aromatic heterocycles. The predicted molar refractivity (Wildman–Crippen MR) is 130 cm³/mol. The Hall–Kier alpha value is -4.22. The molecule has 0 saturated carbocycles. The van der Waals surface area contributed by atoms with Gasteiger partial charge < -0.3 is 14.3 Å². The number of aromatic amines is 1. The van der Waals surface area contributed by atoms with Crippen molar-refractivity contribution in [3.8, 4) is 0 Å². The molecule has 0 bridgehead atoms. The number of amides is 3. The maximum atomic E-state index is 13.4. The van der Waals surface area contributed by atoms with Crippen molar-refractivity contribution in [2.24, 2.45) is 5.14 Å². The molecule has 1 unspecified atom stereocenters. The number of para-hydroxylation sites is 1. The quantitative estimate of drug-likeness (QED) is 0.368. The highest BCUT2D eigenvalue weighted by Gasteiger charge is 2.45. The van der Waals surface area contributed by atoms with Crippen LogP contribution in [0.2, 0.25) is 0 Å². The molecule has 11 heteroatoms. The van der Waals surface area contributed by atoms with E-state index in [0.29, 0.717) is 6.42 Å². The van der Waals surface area contributed by atoms with Crippen LogP contribution in [0.5, 0.6) is 0 Å². The third kappa shape index (κ3) is 4.30. The van der Waals surface area contributed by atoms with Crippen LogP contribution in [0.15, 0.2) is 82.4 Å². The topological polar surface area (TPSA) is 147 Å². The molecule has 1 atom stereocenters. The lowest BCUT2D eigenvalue weighted by Crippen LogP contribution is -2.46. The van der Waals surface area contributed by atoms with Crippen LogP contribution in [-0.2, 0) is 26.0 Å². The standard InChI is InChI=1S/C25H22N4O6S/c26-36(33,34)18-9-7-17(8-10-18)29-23(30)14-21(24(29)31)28(25(32)22-6-3-13-35-22)12-11-16-15-27-20-5-2-1-4-19(16)20/h1-10,13,15,21,27H,11-12,14H2,(H2,26,33,34). The normalized spacial score (nSPS) is 16.1. The fourth-order valence-corrected chi connectivity index (χ4v) is 4.95. The fraction of sp³-hybridized carbons (Fsp3) is 0.160. The van der Waals surface area contributed by atoms with Gasteiger partial charge in [-0.2, -0.15) is 0 Å². The molecule has 1 aliphatic heterocycles. The minimum atomic E-state index is -3.93. The predicted octanol–water partition coefficient (Wildman–Crippen LogP) is 2.43. The first-order valence-electron chi connectivity index (χ1n) is 11.1. The van der Waals surface area contributed by atoms with Gasteiger partial charge in [0, 0.05) is 23.6 Å². The monoisotopic (exact) mass is 506 g/mol. The lowest BCUT2D eigenvalue weighted by Gasteiger charge is -2.27. The van der Waals surface area contributed by atoms with Gasteiger partial charge in [0.25, 0.3) is 11.8 Å². The van der Waals surface area contributed by atoms with E-state index in [2.05, 4.69) is 4.98 Å². The van der Waals surface area contributed by atoms with E-state index in [1.165, 1.54) is 41.5 Å². The highest BCUT2D eigenvalue weighted by Crippen LogP contribution is 2.28. The maximum Gasteiger partial charge on any atom is 0.290 e. The van der Waals surface area contributed by atoms with Crippen molar-refractivity contribution in [1.29, 1.82) is 0 Å². The van der Waals surface area contributed by atoms with E-state index in [1.807, 2.05) is 30.5 Å². The van der Waals surface area contributed by atoms with Crippen molar-refractivity contribution in [2.75, 3.05) is 11.4 Å². The van der Waals surface area contributed by atoms with E-state index in [-0.39, 0.29) is 29.3 Å². The second-order valence-corrected chi connectivity index (χ2v) is 9.97. The first-order valence-corrected chi connectivity index (χ1v) is 12.7. The largest absolute Gasteiger partial charge is 0.459 e. The molecule has 2 aromatic carbocycles. The molecule has 10 nitrogen and oxygen atoms in total. The van der Waals surface area contributed by atoms with Crippen LogP contribution in [0, 0.1) is 0 Å². The van der Waals surface area contributed by atoms with Gasteiger partial charge in [-0.3, -0.25) is 14.4 Å². The number of rotatable bonds is 7. The number of carbonyl (C=O) groups excluding carboxylic acids is 3. The van der Waals surface area contributed by atoms with Crippen LogP contribution in [-0.4, -0.2) is 48.6 Å². The van der Waals surface area contributed by atoms with Crippen molar-refractivity contribution in [3.05, 3.63) is 84.4 Å². The number of H-pyrrole nitrogens is 1. The first kappa shape index (κ1) is 23.5. The van der Waals surface area contributed by atoms with Gasteiger partial charge in [-0.25, -0.2) is 18.5 Å². The highest BCUT2D eigenvalue weighted by atomic mass is 32.2. The number of primary sulfonamides is 1. The Morgan fingerprint density at radius 3 is 2.53 bits per heavy atom. The lowest BCUT2D eigenvalue weighted by molar-refractivity contribution is -0.122. The molecule has 1 fully saturated rings. The van der Waals surface area contributed by atoms with Gasteiger partial charge in [0.1, 0.15) is 6.04 Å². The minimum absolute atomic E-state index is 0.0603. The van der Waals surface area contributed by atoms with Gasteiger partial charge in [0.2, 0.25) is 15.9 Å². The number of benzene rings is 2. The highest BCUT2D eigenvalue weighted by molar-refractivity contribution is 7.89. The number of anilines is 1. The van der Waals surface area contributed by atoms with Crippen LogP contribution in [0.25, 0.3) is 10.9 Å². The van der Waals surface area contributed by atoms with Crippen molar-refractivity contribution in [2.45, 2.75) is 23.8 Å². The number of carbonyl (C=O) groups is 3. The summed E-state index contributed by atoms with van der Waals surface area (Å²) in [6.07, 6.45) is 3.46. The van der Waals surface area contributed by atoms with E-state index in [1.54, 1.807) is 6.07 Å². The first-order chi connectivity index (χ1) is 17.2.